The van der Waals surface area contributed by atoms with Crippen LogP contribution in [0, 0.1) is 5.92 Å². The van der Waals surface area contributed by atoms with E-state index in [4.69, 9.17) is 11.6 Å². The van der Waals surface area contributed by atoms with E-state index < -0.39 is 0 Å². The molecule has 0 radical (unpaired) electrons. The van der Waals surface area contributed by atoms with Crippen LogP contribution in [0.25, 0.3) is 0 Å². The third-order valence-electron chi connectivity index (χ3n) is 2.38. The van der Waals surface area contributed by atoms with Gasteiger partial charge in [-0.3, -0.25) is 4.79 Å². The molecule has 2 nitrogen and oxygen atoms in total. The highest BCUT2D eigenvalue weighted by Gasteiger charge is 2.26. The number of amides is 1. The zero-order valence-corrected chi connectivity index (χ0v) is 8.31. The quantitative estimate of drug-likeness (QED) is 0.489. The smallest absolute Gasteiger partial charge is 0.225 e. The first-order valence-corrected chi connectivity index (χ1v) is 5.14. The largest absolute Gasteiger partial charge is 0.342 e. The van der Waals surface area contributed by atoms with Crippen LogP contribution in [0.4, 0.5) is 0 Å². The Morgan fingerprint density at radius 2 is 2.33 bits per heavy atom. The number of rotatable bonds is 4. The van der Waals surface area contributed by atoms with E-state index in [1.807, 2.05) is 11.8 Å². The summed E-state index contributed by atoms with van der Waals surface area (Å²) in [5.41, 5.74) is 0. The van der Waals surface area contributed by atoms with Gasteiger partial charge in [0.15, 0.2) is 0 Å². The molecule has 1 rings (SSSR count). The van der Waals surface area contributed by atoms with Gasteiger partial charge in [-0.05, 0) is 19.3 Å². The maximum absolute atomic E-state index is 11.4. The maximum atomic E-state index is 11.4. The second-order valence-electron chi connectivity index (χ2n) is 3.41. The molecule has 1 saturated heterocycles. The molecule has 0 N–H and O–H groups in total. The highest BCUT2D eigenvalue weighted by Crippen LogP contribution is 2.17. The Morgan fingerprint density at radius 1 is 1.58 bits per heavy atom. The second-order valence-corrected chi connectivity index (χ2v) is 3.79. The van der Waals surface area contributed by atoms with Gasteiger partial charge in [0.25, 0.3) is 0 Å². The third kappa shape index (κ3) is 2.37. The molecule has 3 heteroatoms. The molecule has 1 fully saturated rings. The zero-order valence-electron chi connectivity index (χ0n) is 7.55. The van der Waals surface area contributed by atoms with E-state index in [2.05, 4.69) is 0 Å². The number of hydrogen-bond donors (Lipinski definition) is 0. The van der Waals surface area contributed by atoms with Crippen molar-refractivity contribution in [3.63, 3.8) is 0 Å². The molecule has 1 aliphatic heterocycles. The minimum atomic E-state index is 0.251. The molecule has 1 aliphatic rings. The Morgan fingerprint density at radius 3 is 2.83 bits per heavy atom. The number of carbonyl (C=O) groups is 1. The summed E-state index contributed by atoms with van der Waals surface area (Å²) in [6, 6.07) is 0. The molecule has 0 bridgehead atoms. The van der Waals surface area contributed by atoms with Gasteiger partial charge in [0.05, 0.1) is 0 Å². The number of likely N-dealkylation sites (tertiary alicyclic amines) is 1. The Labute approximate surface area is 78.9 Å². The molecule has 0 aromatic carbocycles. The van der Waals surface area contributed by atoms with Gasteiger partial charge in [0, 0.05) is 24.9 Å². The van der Waals surface area contributed by atoms with Crippen LogP contribution in [0.3, 0.4) is 0 Å². The lowest BCUT2D eigenvalue weighted by molar-refractivity contribution is -0.130. The topological polar surface area (TPSA) is 20.3 Å². The predicted octanol–water partition coefficient (Wildman–Crippen LogP) is 1.87. The molecule has 0 aliphatic carbocycles. The van der Waals surface area contributed by atoms with Crippen molar-refractivity contribution in [3.8, 4) is 0 Å². The van der Waals surface area contributed by atoms with Crippen LogP contribution < -0.4 is 0 Å². The highest BCUT2D eigenvalue weighted by atomic mass is 35.5. The van der Waals surface area contributed by atoms with Gasteiger partial charge in [-0.1, -0.05) is 6.92 Å². The van der Waals surface area contributed by atoms with E-state index >= 15 is 0 Å². The van der Waals surface area contributed by atoms with Gasteiger partial charge in [-0.25, -0.2) is 0 Å². The SMILES string of the molecule is C[C@@H]1CCN(CCCCCl)C1=O. The summed E-state index contributed by atoms with van der Waals surface area (Å²) in [5, 5.41) is 0. The number of hydrogen-bond acceptors (Lipinski definition) is 1. The van der Waals surface area contributed by atoms with E-state index in [1.54, 1.807) is 0 Å². The van der Waals surface area contributed by atoms with E-state index in [-0.39, 0.29) is 5.92 Å². The Hall–Kier alpha value is -0.240. The molecule has 0 aromatic rings. The lowest BCUT2D eigenvalue weighted by Crippen LogP contribution is -2.27. The standard InChI is InChI=1S/C9H16ClNO/c1-8-4-7-11(9(8)12)6-3-2-5-10/h8H,2-7H2,1H3/t8-/m1/s1. The van der Waals surface area contributed by atoms with Crippen molar-refractivity contribution in [1.82, 2.24) is 4.90 Å². The summed E-state index contributed by atoms with van der Waals surface area (Å²) < 4.78 is 0. The number of unbranched alkanes of at least 4 members (excludes halogenated alkanes) is 1. The fraction of sp³-hybridized carbons (Fsp3) is 0.889. The van der Waals surface area contributed by atoms with Gasteiger partial charge in [0.2, 0.25) is 5.91 Å². The average Bonchev–Trinajstić information content (AvgIpc) is 2.36. The molecule has 1 atom stereocenters. The number of halogens is 1. The maximum Gasteiger partial charge on any atom is 0.225 e. The van der Waals surface area contributed by atoms with Crippen LogP contribution in [-0.2, 0) is 4.79 Å². The molecule has 0 aromatic heterocycles. The summed E-state index contributed by atoms with van der Waals surface area (Å²) in [6.45, 7) is 3.85. The normalized spacial score (nSPS) is 23.7. The van der Waals surface area contributed by atoms with Gasteiger partial charge in [-0.15, -0.1) is 11.6 Å². The summed E-state index contributed by atoms with van der Waals surface area (Å²) in [6.07, 6.45) is 3.08. The molecule has 1 heterocycles. The first-order valence-electron chi connectivity index (χ1n) is 4.60. The molecule has 12 heavy (non-hydrogen) atoms. The molecule has 0 unspecified atom stereocenters. The van der Waals surface area contributed by atoms with Crippen LogP contribution in [0.15, 0.2) is 0 Å². The number of carbonyl (C=O) groups excluding carboxylic acids is 1. The van der Waals surface area contributed by atoms with Gasteiger partial charge >= 0.3 is 0 Å². The van der Waals surface area contributed by atoms with Crippen LogP contribution in [0.2, 0.25) is 0 Å². The Kier molecular flexibility index (Phi) is 3.86. The lowest BCUT2D eigenvalue weighted by atomic mass is 10.1. The molecule has 70 valence electrons. The summed E-state index contributed by atoms with van der Waals surface area (Å²) in [5.74, 6) is 1.28. The van der Waals surface area contributed by atoms with E-state index in [9.17, 15) is 4.79 Å². The third-order valence-corrected chi connectivity index (χ3v) is 2.64. The number of nitrogens with zero attached hydrogens (tertiary/aromatic N) is 1. The second kappa shape index (κ2) is 4.70. The van der Waals surface area contributed by atoms with Crippen molar-refractivity contribution in [2.75, 3.05) is 19.0 Å². The molecule has 0 spiro atoms. The van der Waals surface area contributed by atoms with Crippen molar-refractivity contribution >= 4 is 17.5 Å². The molecular weight excluding hydrogens is 174 g/mol. The number of alkyl halides is 1. The summed E-state index contributed by atoms with van der Waals surface area (Å²) >= 11 is 5.55. The fourth-order valence-electron chi connectivity index (χ4n) is 1.51. The monoisotopic (exact) mass is 189 g/mol. The molecule has 1 amide bonds. The fourth-order valence-corrected chi connectivity index (χ4v) is 1.70. The van der Waals surface area contributed by atoms with Gasteiger partial charge < -0.3 is 4.90 Å². The van der Waals surface area contributed by atoms with Gasteiger partial charge in [0.1, 0.15) is 0 Å². The van der Waals surface area contributed by atoms with Crippen LogP contribution in [0.5, 0.6) is 0 Å². The van der Waals surface area contributed by atoms with Crippen molar-refractivity contribution in [1.29, 1.82) is 0 Å². The Bertz CT molecular complexity index is 161. The average molecular weight is 190 g/mol. The summed E-state index contributed by atoms with van der Waals surface area (Å²) in [7, 11) is 0. The van der Waals surface area contributed by atoms with E-state index in [0.717, 1.165) is 32.4 Å². The van der Waals surface area contributed by atoms with E-state index in [1.165, 1.54) is 0 Å². The summed E-state index contributed by atoms with van der Waals surface area (Å²) in [4.78, 5) is 13.3. The van der Waals surface area contributed by atoms with Crippen LogP contribution in [0.1, 0.15) is 26.2 Å². The predicted molar refractivity (Wildman–Crippen MR) is 50.3 cm³/mol. The molecular formula is C9H16ClNO. The Balaban J connectivity index is 2.20. The lowest BCUT2D eigenvalue weighted by Gasteiger charge is -2.15. The van der Waals surface area contributed by atoms with Gasteiger partial charge in [-0.2, -0.15) is 0 Å². The van der Waals surface area contributed by atoms with Crippen molar-refractivity contribution in [2.24, 2.45) is 5.92 Å². The van der Waals surface area contributed by atoms with Crippen molar-refractivity contribution in [3.05, 3.63) is 0 Å². The minimum Gasteiger partial charge on any atom is -0.342 e. The van der Waals surface area contributed by atoms with Crippen molar-refractivity contribution < 1.29 is 4.79 Å². The van der Waals surface area contributed by atoms with Crippen molar-refractivity contribution in [2.45, 2.75) is 26.2 Å². The zero-order chi connectivity index (χ0) is 8.97. The van der Waals surface area contributed by atoms with Crippen LogP contribution in [-0.4, -0.2) is 29.8 Å². The molecule has 0 saturated carbocycles. The first kappa shape index (κ1) is 9.85. The first-order chi connectivity index (χ1) is 5.75. The van der Waals surface area contributed by atoms with E-state index in [0.29, 0.717) is 11.8 Å². The highest BCUT2D eigenvalue weighted by molar-refractivity contribution is 6.17. The van der Waals surface area contributed by atoms with Crippen LogP contribution >= 0.6 is 11.6 Å². The minimum absolute atomic E-state index is 0.251.